The molecule has 1 aliphatic rings. The molecule has 26 heavy (non-hydrogen) atoms. The lowest BCUT2D eigenvalue weighted by Gasteiger charge is -2.30. The first kappa shape index (κ1) is 17.8. The third-order valence-corrected chi connectivity index (χ3v) is 4.62. The second-order valence-electron chi connectivity index (χ2n) is 6.63. The SMILES string of the molecule is Cc1cc(C)cc(-c2ncnc(N3CCC(C(=O)O)CC3)c2[N+](=O)[O-])c1. The second kappa shape index (κ2) is 7.07. The molecular formula is C18H20N4O4. The van der Waals surface area contributed by atoms with Crippen LogP contribution in [0.25, 0.3) is 11.3 Å². The first-order valence-corrected chi connectivity index (χ1v) is 8.42. The molecule has 0 atom stereocenters. The Morgan fingerprint density at radius 3 is 2.35 bits per heavy atom. The van der Waals surface area contributed by atoms with Crippen LogP contribution in [0.3, 0.4) is 0 Å². The summed E-state index contributed by atoms with van der Waals surface area (Å²) in [5, 5.41) is 20.9. The molecule has 0 aliphatic carbocycles. The number of carboxylic acids is 1. The summed E-state index contributed by atoms with van der Waals surface area (Å²) in [4.78, 5) is 32.6. The third kappa shape index (κ3) is 3.49. The number of hydrogen-bond acceptors (Lipinski definition) is 6. The van der Waals surface area contributed by atoms with Gasteiger partial charge in [0.1, 0.15) is 6.33 Å². The molecule has 136 valence electrons. The molecule has 0 amide bonds. The maximum absolute atomic E-state index is 11.8. The number of rotatable bonds is 4. The fraction of sp³-hybridized carbons (Fsp3) is 0.389. The Morgan fingerprint density at radius 2 is 1.81 bits per heavy atom. The van der Waals surface area contributed by atoms with Gasteiger partial charge in [-0.25, -0.2) is 9.97 Å². The van der Waals surface area contributed by atoms with Gasteiger partial charge in [0.05, 0.1) is 10.8 Å². The molecule has 0 radical (unpaired) electrons. The van der Waals surface area contributed by atoms with Gasteiger partial charge in [-0.1, -0.05) is 17.2 Å². The lowest BCUT2D eigenvalue weighted by atomic mass is 9.97. The minimum absolute atomic E-state index is 0.133. The number of nitrogens with zero attached hydrogens (tertiary/aromatic N) is 4. The van der Waals surface area contributed by atoms with E-state index in [9.17, 15) is 14.9 Å². The molecule has 8 nitrogen and oxygen atoms in total. The Morgan fingerprint density at radius 1 is 1.19 bits per heavy atom. The number of aromatic nitrogens is 2. The normalized spacial score (nSPS) is 15.1. The van der Waals surface area contributed by atoms with E-state index in [-0.39, 0.29) is 17.2 Å². The number of carbonyl (C=O) groups is 1. The molecule has 0 bridgehead atoms. The van der Waals surface area contributed by atoms with Crippen LogP contribution in [0.5, 0.6) is 0 Å². The molecule has 8 heteroatoms. The molecular weight excluding hydrogens is 336 g/mol. The zero-order valence-electron chi connectivity index (χ0n) is 14.7. The van der Waals surface area contributed by atoms with Crippen LogP contribution in [-0.2, 0) is 4.79 Å². The van der Waals surface area contributed by atoms with Gasteiger partial charge in [0.15, 0.2) is 5.69 Å². The second-order valence-corrected chi connectivity index (χ2v) is 6.63. The van der Waals surface area contributed by atoms with Crippen LogP contribution in [0.15, 0.2) is 24.5 Å². The number of anilines is 1. The Kier molecular flexibility index (Phi) is 4.83. The zero-order valence-corrected chi connectivity index (χ0v) is 14.7. The molecule has 3 rings (SSSR count). The van der Waals surface area contributed by atoms with Crippen LogP contribution in [0, 0.1) is 29.9 Å². The topological polar surface area (TPSA) is 109 Å². The van der Waals surface area contributed by atoms with Crippen LogP contribution in [-0.4, -0.2) is 39.1 Å². The van der Waals surface area contributed by atoms with Gasteiger partial charge < -0.3 is 10.0 Å². The van der Waals surface area contributed by atoms with E-state index in [4.69, 9.17) is 5.11 Å². The molecule has 1 saturated heterocycles. The fourth-order valence-corrected chi connectivity index (χ4v) is 3.43. The van der Waals surface area contributed by atoms with Gasteiger partial charge in [-0.05, 0) is 38.8 Å². The van der Waals surface area contributed by atoms with E-state index >= 15 is 0 Å². The molecule has 1 aliphatic heterocycles. The van der Waals surface area contributed by atoms with Gasteiger partial charge in [0.2, 0.25) is 5.82 Å². The van der Waals surface area contributed by atoms with Crippen LogP contribution < -0.4 is 4.90 Å². The Hall–Kier alpha value is -3.03. The zero-order chi connectivity index (χ0) is 18.8. The number of benzene rings is 1. The minimum atomic E-state index is -0.822. The van der Waals surface area contributed by atoms with Crippen molar-refractivity contribution in [2.24, 2.45) is 5.92 Å². The van der Waals surface area contributed by atoms with Crippen molar-refractivity contribution in [3.8, 4) is 11.3 Å². The smallest absolute Gasteiger partial charge is 0.337 e. The van der Waals surface area contributed by atoms with Crippen molar-refractivity contribution in [1.29, 1.82) is 0 Å². The van der Waals surface area contributed by atoms with Crippen molar-refractivity contribution in [2.45, 2.75) is 26.7 Å². The highest BCUT2D eigenvalue weighted by Gasteiger charge is 2.32. The number of hydrogen-bond donors (Lipinski definition) is 1. The maximum atomic E-state index is 11.8. The summed E-state index contributed by atoms with van der Waals surface area (Å²) in [6.07, 6.45) is 2.21. The van der Waals surface area contributed by atoms with Crippen LogP contribution in [0.4, 0.5) is 11.5 Å². The molecule has 0 unspecified atom stereocenters. The highest BCUT2D eigenvalue weighted by Crippen LogP contribution is 2.37. The van der Waals surface area contributed by atoms with Gasteiger partial charge >= 0.3 is 11.7 Å². The number of nitro groups is 1. The number of carboxylic acid groups (broad SMARTS) is 1. The van der Waals surface area contributed by atoms with E-state index in [1.807, 2.05) is 32.0 Å². The van der Waals surface area contributed by atoms with Crippen molar-refractivity contribution in [1.82, 2.24) is 9.97 Å². The van der Waals surface area contributed by atoms with Crippen molar-refractivity contribution in [3.63, 3.8) is 0 Å². The van der Waals surface area contributed by atoms with Crippen molar-refractivity contribution < 1.29 is 14.8 Å². The Bertz CT molecular complexity index is 840. The van der Waals surface area contributed by atoms with Crippen LogP contribution >= 0.6 is 0 Å². The molecule has 0 spiro atoms. The highest BCUT2D eigenvalue weighted by molar-refractivity contribution is 5.78. The molecule has 1 N–H and O–H groups in total. The lowest BCUT2D eigenvalue weighted by Crippen LogP contribution is -2.37. The van der Waals surface area contributed by atoms with E-state index in [2.05, 4.69) is 9.97 Å². The summed E-state index contributed by atoms with van der Waals surface area (Å²) in [5.41, 5.74) is 2.82. The monoisotopic (exact) mass is 356 g/mol. The average molecular weight is 356 g/mol. The lowest BCUT2D eigenvalue weighted by molar-refractivity contribution is -0.383. The summed E-state index contributed by atoms with van der Waals surface area (Å²) < 4.78 is 0. The predicted octanol–water partition coefficient (Wildman–Crippen LogP) is 2.97. The molecule has 0 saturated carbocycles. The molecule has 1 aromatic carbocycles. The van der Waals surface area contributed by atoms with Gasteiger partial charge in [0, 0.05) is 18.7 Å². The molecule has 1 fully saturated rings. The highest BCUT2D eigenvalue weighted by atomic mass is 16.6. The molecule has 1 aromatic heterocycles. The van der Waals surface area contributed by atoms with E-state index in [0.29, 0.717) is 31.5 Å². The van der Waals surface area contributed by atoms with Gasteiger partial charge in [0.25, 0.3) is 0 Å². The van der Waals surface area contributed by atoms with Crippen LogP contribution in [0.1, 0.15) is 24.0 Å². The summed E-state index contributed by atoms with van der Waals surface area (Å²) in [6, 6.07) is 5.72. The summed E-state index contributed by atoms with van der Waals surface area (Å²) in [6.45, 7) is 4.70. The van der Waals surface area contributed by atoms with Crippen molar-refractivity contribution in [3.05, 3.63) is 45.8 Å². The summed E-state index contributed by atoms with van der Waals surface area (Å²) >= 11 is 0. The summed E-state index contributed by atoms with van der Waals surface area (Å²) in [7, 11) is 0. The van der Waals surface area contributed by atoms with E-state index in [0.717, 1.165) is 11.1 Å². The number of aryl methyl sites for hydroxylation is 2. The first-order chi connectivity index (χ1) is 12.4. The fourth-order valence-electron chi connectivity index (χ4n) is 3.43. The average Bonchev–Trinajstić information content (AvgIpc) is 2.60. The number of piperidine rings is 1. The molecule has 2 heterocycles. The third-order valence-electron chi connectivity index (χ3n) is 4.62. The minimum Gasteiger partial charge on any atom is -0.481 e. The quantitative estimate of drug-likeness (QED) is 0.662. The Labute approximate surface area is 150 Å². The van der Waals surface area contributed by atoms with Crippen molar-refractivity contribution in [2.75, 3.05) is 18.0 Å². The standard InChI is InChI=1S/C18H20N4O4/c1-11-7-12(2)9-14(8-11)15-16(22(25)26)17(20-10-19-15)21-5-3-13(4-6-21)18(23)24/h7-10,13H,3-6H2,1-2H3,(H,23,24). The van der Waals surface area contributed by atoms with Gasteiger partial charge in [-0.15, -0.1) is 0 Å². The van der Waals surface area contributed by atoms with Crippen molar-refractivity contribution >= 4 is 17.5 Å². The van der Waals surface area contributed by atoms with Gasteiger partial charge in [-0.2, -0.15) is 0 Å². The first-order valence-electron chi connectivity index (χ1n) is 8.42. The van der Waals surface area contributed by atoms with E-state index < -0.39 is 16.8 Å². The van der Waals surface area contributed by atoms with E-state index in [1.165, 1.54) is 6.33 Å². The van der Waals surface area contributed by atoms with E-state index in [1.54, 1.807) is 4.90 Å². The van der Waals surface area contributed by atoms with Gasteiger partial charge in [-0.3, -0.25) is 14.9 Å². The molecule has 2 aromatic rings. The van der Waals surface area contributed by atoms with Crippen LogP contribution in [0.2, 0.25) is 0 Å². The maximum Gasteiger partial charge on any atom is 0.337 e. The predicted molar refractivity (Wildman–Crippen MR) is 96.2 cm³/mol. The summed E-state index contributed by atoms with van der Waals surface area (Å²) in [5.74, 6) is -0.980. The number of aliphatic carboxylic acids is 1. The Balaban J connectivity index is 2.02. The largest absolute Gasteiger partial charge is 0.481 e.